The van der Waals surface area contributed by atoms with Crippen LogP contribution in [-0.4, -0.2) is 0 Å². The van der Waals surface area contributed by atoms with E-state index in [1.165, 1.54) is 37.9 Å². The predicted octanol–water partition coefficient (Wildman–Crippen LogP) is 8.01. The van der Waals surface area contributed by atoms with Gasteiger partial charge in [0.1, 0.15) is 0 Å². The predicted molar refractivity (Wildman–Crippen MR) is 143 cm³/mol. The van der Waals surface area contributed by atoms with E-state index in [0.29, 0.717) is 0 Å². The van der Waals surface area contributed by atoms with Crippen LogP contribution in [0.25, 0.3) is 43.4 Å². The lowest BCUT2D eigenvalue weighted by atomic mass is 9.91. The van der Waals surface area contributed by atoms with Gasteiger partial charge in [-0.05, 0) is 50.0 Å². The summed E-state index contributed by atoms with van der Waals surface area (Å²) in [5, 5.41) is 11.0. The van der Waals surface area contributed by atoms with E-state index in [0.717, 1.165) is 29.0 Å². The molecule has 6 rings (SSSR count). The van der Waals surface area contributed by atoms with E-state index in [2.05, 4.69) is 115 Å². The summed E-state index contributed by atoms with van der Waals surface area (Å²) in [7, 11) is 0. The van der Waals surface area contributed by atoms with Crippen LogP contribution in [0.4, 0.5) is 11.4 Å². The molecule has 0 unspecified atom stereocenters. The molecule has 158 valence electrons. The van der Waals surface area contributed by atoms with Gasteiger partial charge >= 0.3 is 0 Å². The maximum atomic E-state index is 6.63. The summed E-state index contributed by atoms with van der Waals surface area (Å²) in [5.41, 5.74) is 12.0. The molecular weight excluding hydrogens is 400 g/mol. The quantitative estimate of drug-likeness (QED) is 0.281. The van der Waals surface area contributed by atoms with Crippen LogP contribution in [0.3, 0.4) is 0 Å². The molecule has 2 heteroatoms. The molecular formula is C31H24N2. The van der Waals surface area contributed by atoms with Crippen molar-refractivity contribution in [2.75, 3.05) is 11.1 Å². The summed E-state index contributed by atoms with van der Waals surface area (Å²) in [4.78, 5) is 0. The minimum atomic E-state index is 0.733. The van der Waals surface area contributed by atoms with Crippen molar-refractivity contribution < 1.29 is 0 Å². The Morgan fingerprint density at radius 1 is 0.485 bits per heavy atom. The zero-order chi connectivity index (χ0) is 22.2. The first kappa shape index (κ1) is 19.4. The van der Waals surface area contributed by atoms with Gasteiger partial charge < -0.3 is 11.1 Å². The summed E-state index contributed by atoms with van der Waals surface area (Å²) >= 11 is 0. The Hall–Kier alpha value is -4.30. The molecule has 6 aromatic carbocycles. The Morgan fingerprint density at radius 2 is 1.03 bits per heavy atom. The summed E-state index contributed by atoms with van der Waals surface area (Å²) in [6.45, 7) is 0.733. The van der Waals surface area contributed by atoms with Gasteiger partial charge in [0.2, 0.25) is 0 Å². The number of hydrogen-bond acceptors (Lipinski definition) is 2. The Labute approximate surface area is 193 Å². The molecule has 33 heavy (non-hydrogen) atoms. The molecule has 6 aromatic rings. The van der Waals surface area contributed by atoms with E-state index in [1.54, 1.807) is 0 Å². The molecule has 0 heterocycles. The molecule has 0 saturated heterocycles. The Balaban J connectivity index is 1.55. The zero-order valence-corrected chi connectivity index (χ0v) is 18.3. The number of hydrogen-bond donors (Lipinski definition) is 2. The first-order valence-corrected chi connectivity index (χ1v) is 11.3. The van der Waals surface area contributed by atoms with Crippen LogP contribution in [0.15, 0.2) is 115 Å². The topological polar surface area (TPSA) is 38.0 Å². The summed E-state index contributed by atoms with van der Waals surface area (Å²) in [6.07, 6.45) is 0. The van der Waals surface area contributed by atoms with Crippen molar-refractivity contribution in [3.05, 3.63) is 121 Å². The van der Waals surface area contributed by atoms with Crippen LogP contribution in [0.1, 0.15) is 5.56 Å². The Kier molecular flexibility index (Phi) is 4.70. The summed E-state index contributed by atoms with van der Waals surface area (Å²) in [6, 6.07) is 40.5. The normalized spacial score (nSPS) is 11.3. The smallest absolute Gasteiger partial charge is 0.0430 e. The third kappa shape index (κ3) is 3.37. The van der Waals surface area contributed by atoms with E-state index in [9.17, 15) is 0 Å². The van der Waals surface area contributed by atoms with Crippen LogP contribution in [0, 0.1) is 0 Å². The number of benzene rings is 6. The highest BCUT2D eigenvalue weighted by Gasteiger charge is 2.16. The third-order valence-corrected chi connectivity index (χ3v) is 6.49. The minimum Gasteiger partial charge on any atom is -0.398 e. The molecule has 3 N–H and O–H groups in total. The lowest BCUT2D eigenvalue weighted by molar-refractivity contribution is 1.17. The van der Waals surface area contributed by atoms with Crippen LogP contribution in [-0.2, 0) is 6.54 Å². The number of nitrogens with one attached hydrogen (secondary N) is 1. The van der Waals surface area contributed by atoms with Gasteiger partial charge in [-0.3, -0.25) is 0 Å². The SMILES string of the molecule is Nc1ccc2ccccc2c1-c1c(NCc2cccc3ccccc23)ccc2ccccc12. The molecule has 0 atom stereocenters. The number of anilines is 2. The number of nitrogen functional groups attached to an aromatic ring is 1. The molecule has 0 radical (unpaired) electrons. The fraction of sp³-hybridized carbons (Fsp3) is 0.0323. The molecule has 0 aliphatic carbocycles. The first-order chi connectivity index (χ1) is 16.3. The lowest BCUT2D eigenvalue weighted by Crippen LogP contribution is -2.03. The number of nitrogens with two attached hydrogens (primary N) is 1. The lowest BCUT2D eigenvalue weighted by Gasteiger charge is -2.19. The van der Waals surface area contributed by atoms with E-state index in [1.807, 2.05) is 6.07 Å². The monoisotopic (exact) mass is 424 g/mol. The van der Waals surface area contributed by atoms with Crippen LogP contribution in [0.2, 0.25) is 0 Å². The molecule has 0 aliphatic rings. The van der Waals surface area contributed by atoms with Gasteiger partial charge in [-0.1, -0.05) is 103 Å². The largest absolute Gasteiger partial charge is 0.398 e. The van der Waals surface area contributed by atoms with E-state index < -0.39 is 0 Å². The van der Waals surface area contributed by atoms with Crippen molar-refractivity contribution in [2.24, 2.45) is 0 Å². The average Bonchev–Trinajstić information content (AvgIpc) is 2.87. The van der Waals surface area contributed by atoms with Gasteiger partial charge in [0.15, 0.2) is 0 Å². The number of fused-ring (bicyclic) bond motifs is 3. The minimum absolute atomic E-state index is 0.733. The van der Waals surface area contributed by atoms with E-state index >= 15 is 0 Å². The Morgan fingerprint density at radius 3 is 1.76 bits per heavy atom. The molecule has 0 fully saturated rings. The highest BCUT2D eigenvalue weighted by Crippen LogP contribution is 2.42. The van der Waals surface area contributed by atoms with Gasteiger partial charge in [-0.25, -0.2) is 0 Å². The molecule has 0 aliphatic heterocycles. The second-order valence-electron chi connectivity index (χ2n) is 8.45. The van der Waals surface area contributed by atoms with Crippen LogP contribution >= 0.6 is 0 Å². The molecule has 0 amide bonds. The highest BCUT2D eigenvalue weighted by molar-refractivity contribution is 6.13. The van der Waals surface area contributed by atoms with Crippen molar-refractivity contribution in [3.8, 4) is 11.1 Å². The van der Waals surface area contributed by atoms with Gasteiger partial charge in [0.25, 0.3) is 0 Å². The van der Waals surface area contributed by atoms with Gasteiger partial charge in [-0.2, -0.15) is 0 Å². The van der Waals surface area contributed by atoms with Crippen molar-refractivity contribution in [3.63, 3.8) is 0 Å². The van der Waals surface area contributed by atoms with E-state index in [-0.39, 0.29) is 0 Å². The molecule has 0 aromatic heterocycles. The first-order valence-electron chi connectivity index (χ1n) is 11.3. The number of rotatable bonds is 4. The maximum Gasteiger partial charge on any atom is 0.0430 e. The molecule has 0 bridgehead atoms. The fourth-order valence-corrected chi connectivity index (χ4v) is 4.89. The van der Waals surface area contributed by atoms with Crippen LogP contribution < -0.4 is 11.1 Å². The second-order valence-corrected chi connectivity index (χ2v) is 8.45. The van der Waals surface area contributed by atoms with Crippen LogP contribution in [0.5, 0.6) is 0 Å². The maximum absolute atomic E-state index is 6.63. The second kappa shape index (κ2) is 7.99. The van der Waals surface area contributed by atoms with Gasteiger partial charge in [0.05, 0.1) is 0 Å². The molecule has 0 spiro atoms. The van der Waals surface area contributed by atoms with Crippen molar-refractivity contribution in [2.45, 2.75) is 6.54 Å². The van der Waals surface area contributed by atoms with Crippen molar-refractivity contribution in [1.82, 2.24) is 0 Å². The van der Waals surface area contributed by atoms with Crippen molar-refractivity contribution in [1.29, 1.82) is 0 Å². The molecule has 2 nitrogen and oxygen atoms in total. The summed E-state index contributed by atoms with van der Waals surface area (Å²) in [5.74, 6) is 0. The third-order valence-electron chi connectivity index (χ3n) is 6.49. The fourth-order valence-electron chi connectivity index (χ4n) is 4.89. The molecule has 0 saturated carbocycles. The van der Waals surface area contributed by atoms with E-state index in [4.69, 9.17) is 5.73 Å². The standard InChI is InChI=1S/C31H24N2/c32-28-18-16-22-9-2-5-14-26(22)30(28)31-27-15-6-3-10-23(27)17-19-29(31)33-20-24-12-7-11-21-8-1-4-13-25(21)24/h1-19,33H,20,32H2. The average molecular weight is 425 g/mol. The van der Waals surface area contributed by atoms with Gasteiger partial charge in [0, 0.05) is 29.0 Å². The Bertz CT molecular complexity index is 1630. The highest BCUT2D eigenvalue weighted by atomic mass is 14.9. The van der Waals surface area contributed by atoms with Crippen molar-refractivity contribution >= 4 is 43.7 Å². The summed E-state index contributed by atoms with van der Waals surface area (Å²) < 4.78 is 0. The zero-order valence-electron chi connectivity index (χ0n) is 18.3. The van der Waals surface area contributed by atoms with Gasteiger partial charge in [-0.15, -0.1) is 0 Å².